The number of hydrogen-bond acceptors (Lipinski definition) is 4. The summed E-state index contributed by atoms with van der Waals surface area (Å²) in [5.74, 6) is -1.62. The van der Waals surface area contributed by atoms with Crippen molar-refractivity contribution in [1.82, 2.24) is 15.5 Å². The summed E-state index contributed by atoms with van der Waals surface area (Å²) in [4.78, 5) is 39.2. The highest BCUT2D eigenvalue weighted by molar-refractivity contribution is 5.97. The van der Waals surface area contributed by atoms with Crippen molar-refractivity contribution < 1.29 is 23.2 Å². The average Bonchev–Trinajstić information content (AvgIpc) is 3.26. The summed E-state index contributed by atoms with van der Waals surface area (Å²) >= 11 is 0. The predicted octanol–water partition coefficient (Wildman–Crippen LogP) is 2.59. The Hall–Kier alpha value is -3.16. The molecule has 1 fully saturated rings. The van der Waals surface area contributed by atoms with Gasteiger partial charge in [0, 0.05) is 19.1 Å². The van der Waals surface area contributed by atoms with Crippen molar-refractivity contribution in [3.05, 3.63) is 59.8 Å². The molecular formula is C22H26FN3O4. The van der Waals surface area contributed by atoms with E-state index in [0.717, 1.165) is 0 Å². The third kappa shape index (κ3) is 5.06. The smallest absolute Gasteiger partial charge is 0.289 e. The second-order valence-corrected chi connectivity index (χ2v) is 7.73. The lowest BCUT2D eigenvalue weighted by Gasteiger charge is -2.33. The first-order valence-corrected chi connectivity index (χ1v) is 10.1. The largest absolute Gasteiger partial charge is 0.459 e. The molecule has 3 rings (SSSR count). The zero-order valence-electron chi connectivity index (χ0n) is 17.1. The number of nitrogens with one attached hydrogen (secondary N) is 2. The maximum Gasteiger partial charge on any atom is 0.289 e. The van der Waals surface area contributed by atoms with Crippen LogP contribution in [0.2, 0.25) is 0 Å². The lowest BCUT2D eigenvalue weighted by molar-refractivity contribution is -0.124. The molecule has 3 amide bonds. The lowest BCUT2D eigenvalue weighted by Crippen LogP contribution is -2.54. The van der Waals surface area contributed by atoms with Crippen LogP contribution < -0.4 is 10.6 Å². The zero-order chi connectivity index (χ0) is 21.7. The van der Waals surface area contributed by atoms with Crippen molar-refractivity contribution >= 4 is 17.7 Å². The maximum absolute atomic E-state index is 13.9. The predicted molar refractivity (Wildman–Crippen MR) is 108 cm³/mol. The van der Waals surface area contributed by atoms with Gasteiger partial charge in [-0.15, -0.1) is 0 Å². The van der Waals surface area contributed by atoms with E-state index in [1.807, 2.05) is 13.8 Å². The molecule has 1 aromatic carbocycles. The number of hydrogen-bond donors (Lipinski definition) is 2. The van der Waals surface area contributed by atoms with Crippen LogP contribution in [0.3, 0.4) is 0 Å². The molecule has 0 aliphatic carbocycles. The summed E-state index contributed by atoms with van der Waals surface area (Å²) in [6.07, 6.45) is 2.66. The van der Waals surface area contributed by atoms with Crippen molar-refractivity contribution in [3.8, 4) is 0 Å². The number of carbonyl (C=O) groups is 3. The van der Waals surface area contributed by atoms with E-state index in [-0.39, 0.29) is 29.3 Å². The van der Waals surface area contributed by atoms with Gasteiger partial charge in [-0.1, -0.05) is 26.0 Å². The van der Waals surface area contributed by atoms with Gasteiger partial charge in [0.2, 0.25) is 5.91 Å². The van der Waals surface area contributed by atoms with Gasteiger partial charge in [-0.25, -0.2) is 4.39 Å². The number of amides is 3. The minimum Gasteiger partial charge on any atom is -0.459 e. The fourth-order valence-corrected chi connectivity index (χ4v) is 3.47. The van der Waals surface area contributed by atoms with Gasteiger partial charge >= 0.3 is 0 Å². The van der Waals surface area contributed by atoms with Gasteiger partial charge in [0.05, 0.1) is 11.8 Å². The molecule has 0 spiro atoms. The summed E-state index contributed by atoms with van der Waals surface area (Å²) < 4.78 is 19.0. The number of halogens is 1. The Kier molecular flexibility index (Phi) is 6.87. The maximum atomic E-state index is 13.9. The molecule has 1 saturated heterocycles. The van der Waals surface area contributed by atoms with E-state index in [9.17, 15) is 18.8 Å². The van der Waals surface area contributed by atoms with Crippen LogP contribution in [-0.2, 0) is 4.79 Å². The first-order chi connectivity index (χ1) is 14.4. The van der Waals surface area contributed by atoms with E-state index >= 15 is 0 Å². The molecular weight excluding hydrogens is 389 g/mol. The third-order valence-electron chi connectivity index (χ3n) is 5.21. The van der Waals surface area contributed by atoms with E-state index in [1.54, 1.807) is 23.1 Å². The second-order valence-electron chi connectivity index (χ2n) is 7.73. The topological polar surface area (TPSA) is 91.7 Å². The van der Waals surface area contributed by atoms with Gasteiger partial charge in [0.15, 0.2) is 5.76 Å². The first-order valence-electron chi connectivity index (χ1n) is 10.1. The molecule has 1 aliphatic heterocycles. The van der Waals surface area contributed by atoms with E-state index < -0.39 is 17.8 Å². The van der Waals surface area contributed by atoms with Crippen LogP contribution in [0.5, 0.6) is 0 Å². The summed E-state index contributed by atoms with van der Waals surface area (Å²) in [5, 5.41) is 5.60. The summed E-state index contributed by atoms with van der Waals surface area (Å²) in [7, 11) is 0. The molecule has 160 valence electrons. The van der Waals surface area contributed by atoms with E-state index in [0.29, 0.717) is 31.7 Å². The Labute approximate surface area is 174 Å². The number of furan rings is 1. The highest BCUT2D eigenvalue weighted by Gasteiger charge is 2.30. The fraction of sp³-hybridized carbons (Fsp3) is 0.409. The molecule has 2 heterocycles. The van der Waals surface area contributed by atoms with Crippen LogP contribution in [0.25, 0.3) is 0 Å². The SMILES string of the molecule is CC(C)C(NC(=O)c1ccccc1F)C(=O)NC1CCN(C(=O)c2ccco2)CC1. The number of piperidine rings is 1. The van der Waals surface area contributed by atoms with Crippen LogP contribution in [0, 0.1) is 11.7 Å². The van der Waals surface area contributed by atoms with Crippen LogP contribution in [-0.4, -0.2) is 47.8 Å². The van der Waals surface area contributed by atoms with Crippen molar-refractivity contribution in [2.75, 3.05) is 13.1 Å². The van der Waals surface area contributed by atoms with E-state index in [2.05, 4.69) is 10.6 Å². The molecule has 7 nitrogen and oxygen atoms in total. The number of benzene rings is 1. The van der Waals surface area contributed by atoms with Crippen molar-refractivity contribution in [1.29, 1.82) is 0 Å². The molecule has 0 bridgehead atoms. The quantitative estimate of drug-likeness (QED) is 0.759. The molecule has 1 aromatic heterocycles. The number of likely N-dealkylation sites (tertiary alicyclic amines) is 1. The molecule has 0 saturated carbocycles. The first kappa shape index (κ1) is 21.5. The molecule has 8 heteroatoms. The van der Waals surface area contributed by atoms with Crippen molar-refractivity contribution in [2.45, 2.75) is 38.8 Å². The summed E-state index contributed by atoms with van der Waals surface area (Å²) in [6.45, 7) is 4.63. The van der Waals surface area contributed by atoms with E-state index in [1.165, 1.54) is 24.5 Å². The summed E-state index contributed by atoms with van der Waals surface area (Å²) in [6, 6.07) is 8.05. The van der Waals surface area contributed by atoms with Gasteiger partial charge in [-0.2, -0.15) is 0 Å². The second kappa shape index (κ2) is 9.56. The standard InChI is InChI=1S/C22H26FN3O4/c1-14(2)19(25-20(27)16-6-3-4-7-17(16)23)21(28)24-15-9-11-26(12-10-15)22(29)18-8-5-13-30-18/h3-8,13-15,19H,9-12H2,1-2H3,(H,24,28)(H,25,27). The molecule has 1 aliphatic rings. The number of rotatable bonds is 6. The summed E-state index contributed by atoms with van der Waals surface area (Å²) in [5.41, 5.74) is -0.0966. The Balaban J connectivity index is 1.55. The lowest BCUT2D eigenvalue weighted by atomic mass is 10.00. The average molecular weight is 415 g/mol. The monoisotopic (exact) mass is 415 g/mol. The van der Waals surface area contributed by atoms with Crippen molar-refractivity contribution in [3.63, 3.8) is 0 Å². The number of carbonyl (C=O) groups excluding carboxylic acids is 3. The van der Waals surface area contributed by atoms with Gasteiger partial charge in [0.25, 0.3) is 11.8 Å². The Bertz CT molecular complexity index is 890. The highest BCUT2D eigenvalue weighted by atomic mass is 19.1. The van der Waals surface area contributed by atoms with Gasteiger partial charge in [-0.3, -0.25) is 14.4 Å². The van der Waals surface area contributed by atoms with Gasteiger partial charge < -0.3 is 20.0 Å². The zero-order valence-corrected chi connectivity index (χ0v) is 17.1. The molecule has 0 radical (unpaired) electrons. The third-order valence-corrected chi connectivity index (χ3v) is 5.21. The van der Waals surface area contributed by atoms with Gasteiger partial charge in [-0.05, 0) is 43.0 Å². The normalized spacial score (nSPS) is 15.7. The van der Waals surface area contributed by atoms with Crippen LogP contribution in [0.15, 0.2) is 47.1 Å². The minimum absolute atomic E-state index is 0.0966. The van der Waals surface area contributed by atoms with Crippen LogP contribution in [0.4, 0.5) is 4.39 Å². The molecule has 30 heavy (non-hydrogen) atoms. The van der Waals surface area contributed by atoms with Crippen LogP contribution in [0.1, 0.15) is 47.6 Å². The van der Waals surface area contributed by atoms with Crippen molar-refractivity contribution in [2.24, 2.45) is 5.92 Å². The minimum atomic E-state index is -0.792. The van der Waals surface area contributed by atoms with E-state index in [4.69, 9.17) is 4.42 Å². The number of nitrogens with zero attached hydrogens (tertiary/aromatic N) is 1. The molecule has 1 atom stereocenters. The molecule has 2 aromatic rings. The Morgan fingerprint density at radius 2 is 1.80 bits per heavy atom. The molecule has 1 unspecified atom stereocenters. The Morgan fingerprint density at radius 3 is 2.40 bits per heavy atom. The molecule has 2 N–H and O–H groups in total. The highest BCUT2D eigenvalue weighted by Crippen LogP contribution is 2.15. The van der Waals surface area contributed by atoms with Crippen LogP contribution >= 0.6 is 0 Å². The Morgan fingerprint density at radius 1 is 1.10 bits per heavy atom. The van der Waals surface area contributed by atoms with Gasteiger partial charge in [0.1, 0.15) is 11.9 Å². The fourth-order valence-electron chi connectivity index (χ4n) is 3.47.